The number of hydrogen-bond acceptors (Lipinski definition) is 12. The summed E-state index contributed by atoms with van der Waals surface area (Å²) in [6.45, 7) is 26.0. The zero-order valence-electron chi connectivity index (χ0n) is 41.7. The van der Waals surface area contributed by atoms with Crippen LogP contribution >= 0.6 is 0 Å². The van der Waals surface area contributed by atoms with Crippen LogP contribution in [0.5, 0.6) is 0 Å². The normalized spacial score (nSPS) is 33.7. The zero-order valence-corrected chi connectivity index (χ0v) is 42.7. The van der Waals surface area contributed by atoms with E-state index < -0.39 is 103 Å². The quantitative estimate of drug-likeness (QED) is 0.0756. The number of rotatable bonds is 15. The van der Waals surface area contributed by atoms with Gasteiger partial charge in [-0.25, -0.2) is 9.59 Å². The fourth-order valence-corrected chi connectivity index (χ4v) is 19.1. The van der Waals surface area contributed by atoms with Crippen molar-refractivity contribution < 1.29 is 57.1 Å². The number of hydrogen-bond donors (Lipinski definition) is 2. The molecule has 5 fully saturated rings. The number of ether oxygens (including phenoxy) is 6. The predicted octanol–water partition coefficient (Wildman–Crippen LogP) is 8.80. The van der Waals surface area contributed by atoms with E-state index in [9.17, 15) is 19.5 Å². The molecule has 2 heterocycles. The van der Waals surface area contributed by atoms with Crippen LogP contribution in [-0.4, -0.2) is 104 Å². The molecule has 68 heavy (non-hydrogen) atoms. The number of benzene rings is 2. The Labute approximate surface area is 403 Å². The third-order valence-corrected chi connectivity index (χ3v) is 23.1. The van der Waals surface area contributed by atoms with Gasteiger partial charge >= 0.3 is 17.9 Å². The van der Waals surface area contributed by atoms with E-state index in [2.05, 4.69) is 53.4 Å². The van der Waals surface area contributed by atoms with Crippen molar-refractivity contribution in [2.75, 3.05) is 6.61 Å². The highest BCUT2D eigenvalue weighted by Gasteiger charge is 2.77. The van der Waals surface area contributed by atoms with Crippen molar-refractivity contribution >= 4 is 32.1 Å². The third kappa shape index (κ3) is 8.22. The Morgan fingerprint density at radius 3 is 2.00 bits per heavy atom. The van der Waals surface area contributed by atoms with Crippen molar-refractivity contribution in [2.24, 2.45) is 22.7 Å². The largest absolute Gasteiger partial charge is 0.456 e. The number of aliphatic hydroxyl groups is 1. The maximum atomic E-state index is 15.7. The summed E-state index contributed by atoms with van der Waals surface area (Å²) in [5.41, 5.74) is -3.21. The van der Waals surface area contributed by atoms with Gasteiger partial charge in [0.2, 0.25) is 8.32 Å². The molecule has 2 N–H and O–H groups in total. The van der Waals surface area contributed by atoms with Gasteiger partial charge in [-0.15, -0.1) is 0 Å². The number of carbonyl (C=O) groups is 4. The predicted molar refractivity (Wildman–Crippen MR) is 257 cm³/mol. The average Bonchev–Trinajstić information content (AvgIpc) is 4.04. The summed E-state index contributed by atoms with van der Waals surface area (Å²) in [6.07, 6.45) is -2.66. The molecule has 2 bridgehead atoms. The maximum Gasteiger partial charge on any atom is 0.338 e. The molecule has 4 aliphatic carbocycles. The fourth-order valence-electron chi connectivity index (χ4n) is 13.6. The Kier molecular flexibility index (Phi) is 13.7. The molecule has 2 aromatic rings. The van der Waals surface area contributed by atoms with Crippen LogP contribution in [0.2, 0.25) is 16.6 Å². The number of nitrogens with one attached hydrogen (secondary N) is 1. The second kappa shape index (κ2) is 18.5. The molecule has 0 radical (unpaired) electrons. The molecule has 3 saturated carbocycles. The van der Waals surface area contributed by atoms with Gasteiger partial charge in [-0.2, -0.15) is 0 Å². The van der Waals surface area contributed by atoms with Gasteiger partial charge in [0.1, 0.15) is 30.0 Å². The summed E-state index contributed by atoms with van der Waals surface area (Å²) in [4.78, 5) is 57.6. The molecule has 13 nitrogen and oxygen atoms in total. The Bertz CT molecular complexity index is 2260. The molecule has 0 spiro atoms. The summed E-state index contributed by atoms with van der Waals surface area (Å²) in [6, 6.07) is 16.8. The highest BCUT2D eigenvalue weighted by Crippen LogP contribution is 2.67. The van der Waals surface area contributed by atoms with E-state index in [-0.39, 0.29) is 47.0 Å². The molecule has 2 aliphatic heterocycles. The van der Waals surface area contributed by atoms with Crippen molar-refractivity contribution in [2.45, 2.75) is 185 Å². The van der Waals surface area contributed by atoms with Crippen LogP contribution in [-0.2, 0) is 42.4 Å². The van der Waals surface area contributed by atoms with Crippen LogP contribution in [0.25, 0.3) is 0 Å². The van der Waals surface area contributed by atoms with E-state index in [1.165, 1.54) is 6.92 Å². The van der Waals surface area contributed by atoms with Crippen molar-refractivity contribution in [3.05, 3.63) is 95.6 Å². The third-order valence-electron chi connectivity index (χ3n) is 17.0. The molecule has 2 aromatic carbocycles. The first-order chi connectivity index (χ1) is 32.1. The summed E-state index contributed by atoms with van der Waals surface area (Å²) in [5, 5.41) is 17.4. The first-order valence-corrected chi connectivity index (χ1v) is 26.9. The van der Waals surface area contributed by atoms with Crippen LogP contribution in [0.1, 0.15) is 129 Å². The Morgan fingerprint density at radius 1 is 0.868 bits per heavy atom. The number of fused-ring (bicyclic) bond motifs is 8. The monoisotopic (exact) mass is 955 g/mol. The minimum absolute atomic E-state index is 0.000136. The van der Waals surface area contributed by atoms with Gasteiger partial charge in [-0.05, 0) is 96.6 Å². The summed E-state index contributed by atoms with van der Waals surface area (Å²) in [5.74, 6) is -3.15. The molecule has 8 rings (SSSR count). The lowest BCUT2D eigenvalue weighted by atomic mass is 9.45. The minimum atomic E-state index is -2.84. The Balaban J connectivity index is 1.30. The van der Waals surface area contributed by atoms with Gasteiger partial charge in [0.05, 0.1) is 30.2 Å². The minimum Gasteiger partial charge on any atom is -0.456 e. The molecule has 0 aromatic heterocycles. The maximum absolute atomic E-state index is 15.7. The van der Waals surface area contributed by atoms with Gasteiger partial charge in [-0.1, -0.05) is 105 Å². The first kappa shape index (κ1) is 50.2. The van der Waals surface area contributed by atoms with Crippen molar-refractivity contribution in [3.63, 3.8) is 0 Å². The lowest BCUT2D eigenvalue weighted by Crippen LogP contribution is -2.79. The smallest absolute Gasteiger partial charge is 0.338 e. The highest BCUT2D eigenvalue weighted by molar-refractivity contribution is 6.77. The summed E-state index contributed by atoms with van der Waals surface area (Å²) in [7, 11) is -2.84. The Hall–Kier alpha value is -4.18. The number of carbonyl (C=O) groups excluding carboxylic acids is 4. The summed E-state index contributed by atoms with van der Waals surface area (Å²) >= 11 is 0. The second-order valence-electron chi connectivity index (χ2n) is 22.1. The van der Waals surface area contributed by atoms with E-state index in [1.807, 2.05) is 33.8 Å². The molecular weight excluding hydrogens is 883 g/mol. The van der Waals surface area contributed by atoms with Crippen molar-refractivity contribution in [1.82, 2.24) is 5.32 Å². The molecule has 14 heteroatoms. The second-order valence-corrected chi connectivity index (χ2v) is 27.5. The van der Waals surface area contributed by atoms with Crippen LogP contribution in [0, 0.1) is 22.7 Å². The van der Waals surface area contributed by atoms with E-state index >= 15 is 4.79 Å². The topological polar surface area (TPSA) is 165 Å². The molecular formula is C54H73NO12Si. The molecule has 12 atom stereocenters. The molecule has 1 amide bonds. The summed E-state index contributed by atoms with van der Waals surface area (Å²) < 4.78 is 47.4. The van der Waals surface area contributed by atoms with Gasteiger partial charge in [0, 0.05) is 29.7 Å². The number of amides is 1. The van der Waals surface area contributed by atoms with Gasteiger partial charge in [-0.3, -0.25) is 9.59 Å². The van der Waals surface area contributed by atoms with Gasteiger partial charge in [0.25, 0.3) is 5.91 Å². The average molecular weight is 956 g/mol. The van der Waals surface area contributed by atoms with E-state index in [0.29, 0.717) is 29.6 Å². The molecule has 0 unspecified atom stereocenters. The van der Waals surface area contributed by atoms with Crippen molar-refractivity contribution in [1.29, 1.82) is 0 Å². The molecule has 370 valence electrons. The fraction of sp³-hybridized carbons (Fsp3) is 0.630. The van der Waals surface area contributed by atoms with Crippen LogP contribution in [0.15, 0.2) is 84.5 Å². The molecule has 6 aliphatic rings. The van der Waals surface area contributed by atoms with Gasteiger partial charge < -0.3 is 43.3 Å². The molecule has 2 saturated heterocycles. The lowest BCUT2D eigenvalue weighted by Gasteiger charge is -2.68. The van der Waals surface area contributed by atoms with E-state index in [1.54, 1.807) is 60.7 Å². The van der Waals surface area contributed by atoms with E-state index in [4.69, 9.17) is 32.8 Å². The van der Waals surface area contributed by atoms with Gasteiger partial charge in [0.15, 0.2) is 18.0 Å². The van der Waals surface area contributed by atoms with E-state index in [0.717, 1.165) is 12.8 Å². The SMILES string of the molecule is C=C[C@@H]1O[C@@H]2C3=C(C)[C@@H](OC(=O)[C@H](O[Si](C(C)C)(C(C)C)C(C)C)[C@@H](NC(=O)c4ccccc4)C4CC4)C[C@@](O)([C@@H](OC(=O)c4ccccc4)[C@H]4[C@@](C)(CC[C@H]5OC[C@]54OC(C)=O)[C@@H]2O1)C3(C)C. The Morgan fingerprint density at radius 2 is 1.47 bits per heavy atom. The first-order valence-electron chi connectivity index (χ1n) is 24.8. The highest BCUT2D eigenvalue weighted by atomic mass is 28.4. The van der Waals surface area contributed by atoms with Crippen LogP contribution in [0.4, 0.5) is 0 Å². The number of esters is 3. The van der Waals surface area contributed by atoms with Crippen LogP contribution < -0.4 is 5.32 Å². The zero-order chi connectivity index (χ0) is 49.3. The van der Waals surface area contributed by atoms with Crippen molar-refractivity contribution in [3.8, 4) is 0 Å². The van der Waals surface area contributed by atoms with Crippen LogP contribution in [0.3, 0.4) is 0 Å². The standard InChI is InChI=1S/C54H73NO12Si/c1-13-40-63-43-41-33(8)38(62-50(59)44(67-68(30(2)3,31(4)5)32(6)7)42(35-24-25-35)55-48(57)36-20-16-14-17-21-36)28-54(60,51(41,10)11)47(65-49(58)37-22-18-15-19-23-37)45-52(12,46(43)64-40)27-26-39-53(45,29-61-39)66-34(9)56/h13-23,30-32,35,38-40,42-47,60H,1,24-29H2,2-12H3,(H,55,57)/t38-,39+,40+,42-,43+,44+,45-,46+,47-,52+,53-,54+/m0/s1. The lowest BCUT2D eigenvalue weighted by molar-refractivity contribution is -0.345.